The number of allylic oxidation sites excluding steroid dienone is 2. The maximum Gasteiger partial charge on any atom is 0.397 e. The molecule has 12 nitrogen and oxygen atoms in total. The molecule has 15 heteroatoms. The molecule has 4 saturated carbocycles. The number of fused-ring (bicyclic) bond motifs is 5. The SMILES string of the molecule is CC(C)C(/C=C/C(C)[C@H]1CCC2C3C[C@H](OS(=O)(=O)O)[C@H]4C[C@H](OS(=O)(=O)O)[C@@H](OS(=O)(=O)O)C[C@]4(C)C3CC[C@@]21C)C(C)C. The summed E-state index contributed by atoms with van der Waals surface area (Å²) in [5.74, 6) is 1.71. The zero-order valence-corrected chi connectivity index (χ0v) is 29.7. The summed E-state index contributed by atoms with van der Waals surface area (Å²) in [5, 5.41) is 0. The Bertz CT molecular complexity index is 1420. The van der Waals surface area contributed by atoms with Crippen molar-refractivity contribution < 1.29 is 51.5 Å². The Hall–Kier alpha value is -0.650. The number of rotatable bonds is 11. The molecule has 0 heterocycles. The van der Waals surface area contributed by atoms with Crippen LogP contribution >= 0.6 is 0 Å². The van der Waals surface area contributed by atoms with Gasteiger partial charge in [0, 0.05) is 0 Å². The molecule has 0 aromatic heterocycles. The van der Waals surface area contributed by atoms with E-state index in [1.54, 1.807) is 0 Å². The minimum atomic E-state index is -5.07. The van der Waals surface area contributed by atoms with Gasteiger partial charge in [-0.05, 0) is 109 Å². The Morgan fingerprint density at radius 3 is 1.69 bits per heavy atom. The molecule has 0 aromatic rings. The normalized spacial score (nSPS) is 40.1. The highest BCUT2D eigenvalue weighted by atomic mass is 32.3. The molecule has 0 saturated heterocycles. The number of hydrogen-bond donors (Lipinski definition) is 3. The molecular formula is C30H52O12S3. The molecule has 0 spiro atoms. The summed E-state index contributed by atoms with van der Waals surface area (Å²) in [7, 11) is -15.0. The van der Waals surface area contributed by atoms with Gasteiger partial charge in [0.1, 0.15) is 12.2 Å². The van der Waals surface area contributed by atoms with Crippen LogP contribution in [-0.4, -0.2) is 57.2 Å². The van der Waals surface area contributed by atoms with Crippen LogP contribution in [0, 0.1) is 64.1 Å². The van der Waals surface area contributed by atoms with Gasteiger partial charge in [-0.3, -0.25) is 13.7 Å². The van der Waals surface area contributed by atoms with Crippen molar-refractivity contribution in [3.63, 3.8) is 0 Å². The van der Waals surface area contributed by atoms with E-state index in [-0.39, 0.29) is 36.0 Å². The van der Waals surface area contributed by atoms with Gasteiger partial charge in [-0.25, -0.2) is 12.5 Å². The topological polar surface area (TPSA) is 191 Å². The summed E-state index contributed by atoms with van der Waals surface area (Å²) in [4.78, 5) is 0. The lowest BCUT2D eigenvalue weighted by Gasteiger charge is -2.63. The largest absolute Gasteiger partial charge is 0.397 e. The minimum Gasteiger partial charge on any atom is -0.264 e. The zero-order chi connectivity index (χ0) is 33.9. The van der Waals surface area contributed by atoms with Crippen molar-refractivity contribution in [1.82, 2.24) is 0 Å². The second-order valence-electron chi connectivity index (χ2n) is 15.4. The number of hydrogen-bond acceptors (Lipinski definition) is 9. The Morgan fingerprint density at radius 1 is 0.644 bits per heavy atom. The highest BCUT2D eigenvalue weighted by Gasteiger charge is 2.65. The van der Waals surface area contributed by atoms with E-state index in [4.69, 9.17) is 12.5 Å². The van der Waals surface area contributed by atoms with Gasteiger partial charge in [-0.2, -0.15) is 25.3 Å². The predicted molar refractivity (Wildman–Crippen MR) is 167 cm³/mol. The highest BCUT2D eigenvalue weighted by molar-refractivity contribution is 7.81. The fourth-order valence-electron chi connectivity index (χ4n) is 10.6. The molecule has 4 fully saturated rings. The van der Waals surface area contributed by atoms with Crippen LogP contribution < -0.4 is 0 Å². The van der Waals surface area contributed by atoms with Crippen molar-refractivity contribution in [2.24, 2.45) is 64.1 Å². The van der Waals surface area contributed by atoms with Gasteiger partial charge in [0.15, 0.2) is 0 Å². The van der Waals surface area contributed by atoms with Crippen molar-refractivity contribution in [1.29, 1.82) is 0 Å². The first-order valence-electron chi connectivity index (χ1n) is 16.1. The maximum atomic E-state index is 12.1. The fraction of sp³-hybridized carbons (Fsp3) is 0.933. The second-order valence-corrected chi connectivity index (χ2v) is 18.5. The molecule has 11 atom stereocenters. The molecule has 4 aliphatic carbocycles. The summed E-state index contributed by atoms with van der Waals surface area (Å²) in [6.45, 7) is 15.4. The van der Waals surface area contributed by atoms with Crippen LogP contribution in [0.1, 0.15) is 93.4 Å². The highest BCUT2D eigenvalue weighted by Crippen LogP contribution is 2.69. The molecule has 0 aliphatic heterocycles. The minimum absolute atomic E-state index is 0.0255. The lowest BCUT2D eigenvalue weighted by Crippen LogP contribution is -2.62. The van der Waals surface area contributed by atoms with Crippen LogP contribution in [0.5, 0.6) is 0 Å². The van der Waals surface area contributed by atoms with Crippen LogP contribution in [0.15, 0.2) is 12.2 Å². The molecule has 0 radical (unpaired) electrons. The second kappa shape index (κ2) is 13.0. The van der Waals surface area contributed by atoms with Crippen molar-refractivity contribution in [3.05, 3.63) is 12.2 Å². The van der Waals surface area contributed by atoms with Crippen LogP contribution in [-0.2, 0) is 43.7 Å². The van der Waals surface area contributed by atoms with Crippen molar-refractivity contribution in [2.45, 2.75) is 112 Å². The standard InChI is InChI=1S/C30H52O12S3/c1-17(2)20(18(3)4)9-8-19(5)22-10-11-23-21-14-26(40-43(31,32)33)25-15-27(41-44(34,35)36)28(42-45(37,38)39)16-30(25,7)24(21)12-13-29(22,23)6/h8-9,17-28H,10-16H2,1-7H3,(H,31,32,33)(H,34,35,36)(H,37,38,39)/b9-8+/t19?,21?,22-,23?,24?,25-,26+,27+,28+,29-,30-/m1/s1. The van der Waals surface area contributed by atoms with Gasteiger partial charge in [0.25, 0.3) is 0 Å². The summed E-state index contributed by atoms with van der Waals surface area (Å²) >= 11 is 0. The Morgan fingerprint density at radius 2 is 1.16 bits per heavy atom. The van der Waals surface area contributed by atoms with Crippen LogP contribution in [0.3, 0.4) is 0 Å². The van der Waals surface area contributed by atoms with E-state index >= 15 is 0 Å². The van der Waals surface area contributed by atoms with E-state index in [0.29, 0.717) is 36.0 Å². The quantitative estimate of drug-likeness (QED) is 0.180. The van der Waals surface area contributed by atoms with Crippen LogP contribution in [0.2, 0.25) is 0 Å². The first-order chi connectivity index (χ1) is 20.4. The summed E-state index contributed by atoms with van der Waals surface area (Å²) < 4.78 is 115. The smallest absolute Gasteiger partial charge is 0.264 e. The monoisotopic (exact) mass is 700 g/mol. The molecule has 0 aromatic carbocycles. The Balaban J connectivity index is 1.69. The molecule has 45 heavy (non-hydrogen) atoms. The summed E-state index contributed by atoms with van der Waals surface area (Å²) in [6.07, 6.45) is 4.19. The van der Waals surface area contributed by atoms with Crippen molar-refractivity contribution in [3.8, 4) is 0 Å². The van der Waals surface area contributed by atoms with Gasteiger partial charge in [0.2, 0.25) is 0 Å². The van der Waals surface area contributed by atoms with E-state index in [0.717, 1.165) is 25.7 Å². The molecule has 3 N–H and O–H groups in total. The lowest BCUT2D eigenvalue weighted by molar-refractivity contribution is -0.183. The van der Waals surface area contributed by atoms with E-state index in [1.807, 2.05) is 6.92 Å². The average Bonchev–Trinajstić information content (AvgIpc) is 3.19. The Labute approximate surface area is 269 Å². The first kappa shape index (κ1) is 37.2. The van der Waals surface area contributed by atoms with Crippen LogP contribution in [0.25, 0.3) is 0 Å². The van der Waals surface area contributed by atoms with E-state index in [1.165, 1.54) is 0 Å². The molecule has 0 bridgehead atoms. The predicted octanol–water partition coefficient (Wildman–Crippen LogP) is 5.55. The van der Waals surface area contributed by atoms with Gasteiger partial charge >= 0.3 is 31.2 Å². The van der Waals surface area contributed by atoms with Gasteiger partial charge in [-0.1, -0.05) is 60.6 Å². The third-order valence-corrected chi connectivity index (χ3v) is 13.7. The molecule has 4 unspecified atom stereocenters. The van der Waals surface area contributed by atoms with E-state index in [2.05, 4.69) is 53.7 Å². The Kier molecular flexibility index (Phi) is 10.7. The van der Waals surface area contributed by atoms with Gasteiger partial charge in [-0.15, -0.1) is 0 Å². The van der Waals surface area contributed by atoms with Gasteiger partial charge in [0.05, 0.1) is 6.10 Å². The summed E-state index contributed by atoms with van der Waals surface area (Å²) in [6, 6.07) is 0. The first-order valence-corrected chi connectivity index (χ1v) is 20.2. The molecule has 0 amide bonds. The molecule has 4 aliphatic rings. The van der Waals surface area contributed by atoms with Crippen molar-refractivity contribution in [2.75, 3.05) is 0 Å². The van der Waals surface area contributed by atoms with Crippen LogP contribution in [0.4, 0.5) is 0 Å². The van der Waals surface area contributed by atoms with Gasteiger partial charge < -0.3 is 0 Å². The van der Waals surface area contributed by atoms with E-state index in [9.17, 15) is 38.9 Å². The zero-order valence-electron chi connectivity index (χ0n) is 27.3. The van der Waals surface area contributed by atoms with E-state index < -0.39 is 60.8 Å². The molecular weight excluding hydrogens is 649 g/mol. The molecule has 262 valence electrons. The third-order valence-electron chi connectivity index (χ3n) is 12.2. The lowest BCUT2D eigenvalue weighted by atomic mass is 9.43. The molecule has 4 rings (SSSR count). The van der Waals surface area contributed by atoms with Crippen molar-refractivity contribution >= 4 is 31.2 Å². The fourth-order valence-corrected chi connectivity index (χ4v) is 12.1. The average molecular weight is 701 g/mol. The third kappa shape index (κ3) is 8.15. The maximum absolute atomic E-state index is 12.1. The summed E-state index contributed by atoms with van der Waals surface area (Å²) in [5.41, 5.74) is -0.878.